The lowest BCUT2D eigenvalue weighted by Gasteiger charge is -2.24. The van der Waals surface area contributed by atoms with E-state index in [2.05, 4.69) is 53.7 Å². The molecule has 0 aromatic heterocycles. The predicted octanol–water partition coefficient (Wildman–Crippen LogP) is 2.41. The molecule has 0 amide bonds. The lowest BCUT2D eigenvalue weighted by Crippen LogP contribution is -2.44. The van der Waals surface area contributed by atoms with E-state index >= 15 is 0 Å². The molecule has 2 unspecified atom stereocenters. The van der Waals surface area contributed by atoms with E-state index in [1.807, 2.05) is 13.0 Å². The van der Waals surface area contributed by atoms with Crippen LogP contribution in [0.15, 0.2) is 35.3 Å². The van der Waals surface area contributed by atoms with Gasteiger partial charge >= 0.3 is 0 Å². The van der Waals surface area contributed by atoms with Crippen LogP contribution in [0.4, 0.5) is 0 Å². The molecule has 5 nitrogen and oxygen atoms in total. The summed E-state index contributed by atoms with van der Waals surface area (Å²) in [4.78, 5) is 4.24. The number of nitrogens with zero attached hydrogens (tertiary/aromatic N) is 1. The van der Waals surface area contributed by atoms with Crippen LogP contribution in [0.2, 0.25) is 0 Å². The Balaban J connectivity index is 2.58. The second-order valence-corrected chi connectivity index (χ2v) is 8.94. The highest BCUT2D eigenvalue weighted by Crippen LogP contribution is 2.23. The van der Waals surface area contributed by atoms with Crippen molar-refractivity contribution in [1.82, 2.24) is 10.6 Å². The van der Waals surface area contributed by atoms with Gasteiger partial charge in [-0.1, -0.05) is 44.2 Å². The first-order valence-electron chi connectivity index (χ1n) is 8.42. The molecular formula is C18H31N3O2S. The highest BCUT2D eigenvalue weighted by molar-refractivity contribution is 7.90. The van der Waals surface area contributed by atoms with E-state index in [1.165, 1.54) is 11.8 Å². The fraction of sp³-hybridized carbons (Fsp3) is 0.611. The van der Waals surface area contributed by atoms with Gasteiger partial charge in [-0.25, -0.2) is 8.42 Å². The molecule has 136 valence electrons. The van der Waals surface area contributed by atoms with Crippen molar-refractivity contribution in [2.45, 2.75) is 39.2 Å². The number of hydrogen-bond acceptors (Lipinski definition) is 3. The molecule has 1 aromatic rings. The summed E-state index contributed by atoms with van der Waals surface area (Å²) in [7, 11) is -1.21. The summed E-state index contributed by atoms with van der Waals surface area (Å²) in [6.45, 7) is 7.17. The summed E-state index contributed by atoms with van der Waals surface area (Å²) in [5.41, 5.74) is 1.31. The Morgan fingerprint density at radius 3 is 2.29 bits per heavy atom. The number of benzene rings is 1. The average molecular weight is 354 g/mol. The fourth-order valence-corrected chi connectivity index (χ4v) is 3.32. The first-order chi connectivity index (χ1) is 11.2. The normalized spacial score (nSPS) is 15.2. The molecule has 2 N–H and O–H groups in total. The summed E-state index contributed by atoms with van der Waals surface area (Å²) in [5.74, 6) is 1.77. The van der Waals surface area contributed by atoms with E-state index in [4.69, 9.17) is 0 Å². The smallest absolute Gasteiger partial charge is 0.191 e. The topological polar surface area (TPSA) is 70.6 Å². The van der Waals surface area contributed by atoms with Crippen molar-refractivity contribution in [2.75, 3.05) is 25.6 Å². The minimum atomic E-state index is -2.93. The molecule has 1 aromatic carbocycles. The van der Waals surface area contributed by atoms with Crippen LogP contribution in [0.1, 0.15) is 38.7 Å². The lowest BCUT2D eigenvalue weighted by atomic mass is 9.88. The van der Waals surface area contributed by atoms with Crippen LogP contribution in [0.3, 0.4) is 0 Å². The third kappa shape index (κ3) is 7.81. The van der Waals surface area contributed by atoms with Gasteiger partial charge in [0.1, 0.15) is 9.84 Å². The molecule has 0 heterocycles. The molecule has 0 bridgehead atoms. The number of aliphatic imine (C=N–C) groups is 1. The van der Waals surface area contributed by atoms with E-state index in [-0.39, 0.29) is 11.8 Å². The molecule has 0 saturated carbocycles. The molecule has 2 atom stereocenters. The maximum absolute atomic E-state index is 11.3. The highest BCUT2D eigenvalue weighted by Gasteiger charge is 2.16. The molecule has 0 aliphatic carbocycles. The van der Waals surface area contributed by atoms with Gasteiger partial charge in [0.15, 0.2) is 5.96 Å². The zero-order valence-electron chi connectivity index (χ0n) is 15.4. The molecule has 0 aliphatic rings. The van der Waals surface area contributed by atoms with E-state index in [1.54, 1.807) is 7.05 Å². The van der Waals surface area contributed by atoms with Crippen molar-refractivity contribution >= 4 is 15.8 Å². The van der Waals surface area contributed by atoms with Crippen LogP contribution < -0.4 is 10.6 Å². The number of sulfone groups is 1. The molecular weight excluding hydrogens is 322 g/mol. The van der Waals surface area contributed by atoms with Crippen molar-refractivity contribution < 1.29 is 8.42 Å². The van der Waals surface area contributed by atoms with Gasteiger partial charge in [0, 0.05) is 31.8 Å². The molecule has 0 fully saturated rings. The summed E-state index contributed by atoms with van der Waals surface area (Å²) in [6.07, 6.45) is 1.83. The van der Waals surface area contributed by atoms with Gasteiger partial charge in [-0.15, -0.1) is 0 Å². The van der Waals surface area contributed by atoms with Crippen molar-refractivity contribution in [3.63, 3.8) is 0 Å². The van der Waals surface area contributed by atoms with E-state index in [0.29, 0.717) is 24.2 Å². The Labute approximate surface area is 146 Å². The Morgan fingerprint density at radius 2 is 1.79 bits per heavy atom. The highest BCUT2D eigenvalue weighted by atomic mass is 32.2. The van der Waals surface area contributed by atoms with Gasteiger partial charge in [0.25, 0.3) is 0 Å². The predicted molar refractivity (Wildman–Crippen MR) is 102 cm³/mol. The monoisotopic (exact) mass is 353 g/mol. The van der Waals surface area contributed by atoms with Crippen molar-refractivity contribution in [2.24, 2.45) is 10.9 Å². The molecule has 6 heteroatoms. The summed E-state index contributed by atoms with van der Waals surface area (Å²) >= 11 is 0. The van der Waals surface area contributed by atoms with E-state index < -0.39 is 9.84 Å². The van der Waals surface area contributed by atoms with E-state index in [9.17, 15) is 8.42 Å². The van der Waals surface area contributed by atoms with E-state index in [0.717, 1.165) is 6.54 Å². The number of nitrogens with one attached hydrogen (secondary N) is 2. The van der Waals surface area contributed by atoms with Crippen molar-refractivity contribution in [3.8, 4) is 0 Å². The van der Waals surface area contributed by atoms with Gasteiger partial charge in [0.2, 0.25) is 0 Å². The Hall–Kier alpha value is -1.56. The summed E-state index contributed by atoms with van der Waals surface area (Å²) in [6, 6.07) is 10.5. The largest absolute Gasteiger partial charge is 0.356 e. The van der Waals surface area contributed by atoms with Crippen LogP contribution in [0.25, 0.3) is 0 Å². The lowest BCUT2D eigenvalue weighted by molar-refractivity contribution is 0.485. The second-order valence-electron chi connectivity index (χ2n) is 6.68. The maximum Gasteiger partial charge on any atom is 0.191 e. The summed E-state index contributed by atoms with van der Waals surface area (Å²) in [5, 5.41) is 6.63. The van der Waals surface area contributed by atoms with Crippen LogP contribution in [0.5, 0.6) is 0 Å². The molecule has 0 saturated heterocycles. The van der Waals surface area contributed by atoms with Gasteiger partial charge in [0.05, 0.1) is 5.75 Å². The summed E-state index contributed by atoms with van der Waals surface area (Å²) < 4.78 is 22.5. The Kier molecular flexibility index (Phi) is 8.25. The number of hydrogen-bond donors (Lipinski definition) is 2. The maximum atomic E-state index is 11.3. The standard InChI is InChI=1S/C18H31N3O2S/c1-14(2)17(16-9-7-6-8-10-16)13-20-18(19-4)21-15(3)11-12-24(5,22)23/h6-10,14-15,17H,11-13H2,1-5H3,(H2,19,20,21). The third-order valence-corrected chi connectivity index (χ3v) is 5.03. The van der Waals surface area contributed by atoms with Crippen LogP contribution in [-0.4, -0.2) is 46.0 Å². The number of guanidine groups is 1. The number of rotatable bonds is 8. The van der Waals surface area contributed by atoms with Crippen molar-refractivity contribution in [1.29, 1.82) is 0 Å². The molecule has 0 radical (unpaired) electrons. The zero-order valence-corrected chi connectivity index (χ0v) is 16.2. The van der Waals surface area contributed by atoms with Crippen molar-refractivity contribution in [3.05, 3.63) is 35.9 Å². The zero-order chi connectivity index (χ0) is 18.2. The fourth-order valence-electron chi connectivity index (χ4n) is 2.54. The minimum Gasteiger partial charge on any atom is -0.356 e. The van der Waals surface area contributed by atoms with Gasteiger partial charge in [-0.05, 0) is 24.8 Å². The Morgan fingerprint density at radius 1 is 1.17 bits per heavy atom. The van der Waals surface area contributed by atoms with Gasteiger partial charge in [-0.2, -0.15) is 0 Å². The van der Waals surface area contributed by atoms with Gasteiger partial charge < -0.3 is 10.6 Å². The average Bonchev–Trinajstić information content (AvgIpc) is 2.52. The quantitative estimate of drug-likeness (QED) is 0.556. The second kappa shape index (κ2) is 9.67. The minimum absolute atomic E-state index is 0.0418. The molecule has 1 rings (SSSR count). The molecule has 0 spiro atoms. The van der Waals surface area contributed by atoms with Crippen LogP contribution >= 0.6 is 0 Å². The Bertz CT molecular complexity index is 612. The van der Waals surface area contributed by atoms with Crippen LogP contribution in [0, 0.1) is 5.92 Å². The SMILES string of the molecule is CN=C(NCC(c1ccccc1)C(C)C)NC(C)CCS(C)(=O)=O. The first-order valence-corrected chi connectivity index (χ1v) is 10.5. The molecule has 24 heavy (non-hydrogen) atoms. The molecule has 0 aliphatic heterocycles. The first kappa shape index (κ1) is 20.5. The van der Waals surface area contributed by atoms with Crippen LogP contribution in [-0.2, 0) is 9.84 Å². The van der Waals surface area contributed by atoms with Gasteiger partial charge in [-0.3, -0.25) is 4.99 Å². The third-order valence-electron chi connectivity index (χ3n) is 4.05.